The van der Waals surface area contributed by atoms with Crippen molar-refractivity contribution in [2.75, 3.05) is 0 Å². The minimum atomic E-state index is -0.0442. The molecule has 0 atom stereocenters. The van der Waals surface area contributed by atoms with Crippen molar-refractivity contribution >= 4 is 11.5 Å². The van der Waals surface area contributed by atoms with E-state index in [0.717, 1.165) is 11.1 Å². The summed E-state index contributed by atoms with van der Waals surface area (Å²) >= 11 is 0. The van der Waals surface area contributed by atoms with Crippen LogP contribution in [0.5, 0.6) is 0 Å². The Bertz CT molecular complexity index is 483. The van der Waals surface area contributed by atoms with Crippen LogP contribution in [0.2, 0.25) is 0 Å². The van der Waals surface area contributed by atoms with Gasteiger partial charge in [-0.25, -0.2) is 0 Å². The number of hydrogen-bond donors (Lipinski definition) is 0. The number of allylic oxidation sites excluding steroid dienone is 1. The molecule has 1 heterocycles. The maximum absolute atomic E-state index is 11.2. The van der Waals surface area contributed by atoms with Crippen LogP contribution in [-0.4, -0.2) is 10.8 Å². The van der Waals surface area contributed by atoms with Gasteiger partial charge < -0.3 is 4.90 Å². The van der Waals surface area contributed by atoms with Gasteiger partial charge in [0.2, 0.25) is 5.91 Å². The number of rotatable bonds is 0. The monoisotopic (exact) mass is 198 g/mol. The zero-order valence-corrected chi connectivity index (χ0v) is 8.40. The van der Waals surface area contributed by atoms with E-state index in [1.165, 1.54) is 6.92 Å². The fourth-order valence-corrected chi connectivity index (χ4v) is 1.67. The van der Waals surface area contributed by atoms with E-state index in [4.69, 9.17) is 5.26 Å². The molecule has 0 saturated heterocycles. The van der Waals surface area contributed by atoms with E-state index in [1.54, 1.807) is 11.1 Å². The first-order valence-electron chi connectivity index (χ1n) is 4.70. The number of benzene rings is 1. The molecule has 0 N–H and O–H groups in total. The Morgan fingerprint density at radius 1 is 1.47 bits per heavy atom. The average molecular weight is 198 g/mol. The van der Waals surface area contributed by atoms with Crippen LogP contribution in [-0.2, 0) is 11.3 Å². The third kappa shape index (κ3) is 1.62. The van der Waals surface area contributed by atoms with Gasteiger partial charge in [-0.15, -0.1) is 0 Å². The molecule has 15 heavy (non-hydrogen) atoms. The summed E-state index contributed by atoms with van der Waals surface area (Å²) in [6.45, 7) is 2.05. The second-order valence-electron chi connectivity index (χ2n) is 3.46. The van der Waals surface area contributed by atoms with Gasteiger partial charge in [-0.05, 0) is 11.1 Å². The molecule has 0 saturated carbocycles. The van der Waals surface area contributed by atoms with Crippen molar-refractivity contribution in [3.63, 3.8) is 0 Å². The molecule has 1 aromatic rings. The van der Waals surface area contributed by atoms with Gasteiger partial charge in [0.05, 0.1) is 12.1 Å². The highest BCUT2D eigenvalue weighted by Crippen LogP contribution is 2.25. The quantitative estimate of drug-likeness (QED) is 0.639. The van der Waals surface area contributed by atoms with Crippen LogP contribution in [0.1, 0.15) is 18.1 Å². The number of fused-ring (bicyclic) bond motifs is 1. The smallest absolute Gasteiger partial charge is 0.223 e. The molecule has 1 amide bonds. The normalized spacial score (nSPS) is 13.9. The molecule has 74 valence electrons. The Balaban J connectivity index is 2.51. The van der Waals surface area contributed by atoms with Gasteiger partial charge in [-0.2, -0.15) is 5.26 Å². The Kier molecular flexibility index (Phi) is 2.26. The zero-order chi connectivity index (χ0) is 10.8. The SMILES string of the molecule is CC(=O)N1C=C(C#N)c2ccccc2C1. The van der Waals surface area contributed by atoms with E-state index in [-0.39, 0.29) is 5.91 Å². The van der Waals surface area contributed by atoms with Crippen LogP contribution in [0.3, 0.4) is 0 Å². The topological polar surface area (TPSA) is 44.1 Å². The molecule has 0 radical (unpaired) electrons. The minimum absolute atomic E-state index is 0.0442. The van der Waals surface area contributed by atoms with Crippen LogP contribution < -0.4 is 0 Å². The highest BCUT2D eigenvalue weighted by atomic mass is 16.2. The van der Waals surface area contributed by atoms with Crippen LogP contribution in [0.4, 0.5) is 0 Å². The lowest BCUT2D eigenvalue weighted by Gasteiger charge is -2.23. The van der Waals surface area contributed by atoms with Gasteiger partial charge in [0, 0.05) is 13.1 Å². The van der Waals surface area contributed by atoms with Crippen molar-refractivity contribution in [1.29, 1.82) is 5.26 Å². The van der Waals surface area contributed by atoms with Gasteiger partial charge in [0.25, 0.3) is 0 Å². The van der Waals surface area contributed by atoms with Gasteiger partial charge >= 0.3 is 0 Å². The van der Waals surface area contributed by atoms with Gasteiger partial charge in [0.15, 0.2) is 0 Å². The number of carbonyl (C=O) groups is 1. The maximum atomic E-state index is 11.2. The Hall–Kier alpha value is -2.08. The summed E-state index contributed by atoms with van der Waals surface area (Å²) in [6, 6.07) is 9.77. The molecular formula is C12H10N2O. The molecule has 3 heteroatoms. The first-order chi connectivity index (χ1) is 7.22. The summed E-state index contributed by atoms with van der Waals surface area (Å²) in [4.78, 5) is 12.8. The molecule has 0 fully saturated rings. The van der Waals surface area contributed by atoms with Crippen LogP contribution >= 0.6 is 0 Å². The van der Waals surface area contributed by atoms with Crippen molar-refractivity contribution < 1.29 is 4.79 Å². The Morgan fingerprint density at radius 2 is 2.20 bits per heavy atom. The fraction of sp³-hybridized carbons (Fsp3) is 0.167. The van der Waals surface area contributed by atoms with Crippen molar-refractivity contribution in [2.24, 2.45) is 0 Å². The molecule has 0 aliphatic carbocycles. The standard InChI is InChI=1S/C12H10N2O/c1-9(15)14-7-10-4-2-3-5-12(10)11(6-13)8-14/h2-5,8H,7H2,1H3. The lowest BCUT2D eigenvalue weighted by Crippen LogP contribution is -2.25. The number of amides is 1. The zero-order valence-electron chi connectivity index (χ0n) is 8.40. The summed E-state index contributed by atoms with van der Waals surface area (Å²) in [6.07, 6.45) is 1.62. The van der Waals surface area contributed by atoms with E-state index in [1.807, 2.05) is 24.3 Å². The molecule has 0 bridgehead atoms. The van der Waals surface area contributed by atoms with Crippen LogP contribution in [0, 0.1) is 11.3 Å². The molecule has 0 unspecified atom stereocenters. The maximum Gasteiger partial charge on any atom is 0.223 e. The summed E-state index contributed by atoms with van der Waals surface area (Å²) in [5, 5.41) is 8.98. The van der Waals surface area contributed by atoms with E-state index >= 15 is 0 Å². The summed E-state index contributed by atoms with van der Waals surface area (Å²) < 4.78 is 0. The first kappa shape index (κ1) is 9.47. The number of nitriles is 1. The van der Waals surface area contributed by atoms with Crippen LogP contribution in [0.15, 0.2) is 30.5 Å². The van der Waals surface area contributed by atoms with E-state index in [9.17, 15) is 4.79 Å². The largest absolute Gasteiger partial charge is 0.314 e. The first-order valence-corrected chi connectivity index (χ1v) is 4.70. The van der Waals surface area contributed by atoms with Gasteiger partial charge in [-0.1, -0.05) is 24.3 Å². The second kappa shape index (κ2) is 3.58. The molecule has 0 spiro atoms. The van der Waals surface area contributed by atoms with E-state index in [2.05, 4.69) is 6.07 Å². The predicted octanol–water partition coefficient (Wildman–Crippen LogP) is 1.91. The molecule has 0 aromatic heterocycles. The highest BCUT2D eigenvalue weighted by Gasteiger charge is 2.18. The lowest BCUT2D eigenvalue weighted by molar-refractivity contribution is -0.126. The van der Waals surface area contributed by atoms with E-state index < -0.39 is 0 Å². The summed E-state index contributed by atoms with van der Waals surface area (Å²) in [5.41, 5.74) is 2.50. The van der Waals surface area contributed by atoms with Crippen molar-refractivity contribution in [3.05, 3.63) is 41.6 Å². The molecule has 1 aliphatic heterocycles. The third-order valence-corrected chi connectivity index (χ3v) is 2.46. The highest BCUT2D eigenvalue weighted by molar-refractivity contribution is 5.84. The molecule has 1 aliphatic rings. The van der Waals surface area contributed by atoms with Crippen molar-refractivity contribution in [3.8, 4) is 6.07 Å². The Labute approximate surface area is 88.2 Å². The molecule has 1 aromatic carbocycles. The summed E-state index contributed by atoms with van der Waals surface area (Å²) in [7, 11) is 0. The van der Waals surface area contributed by atoms with Gasteiger partial charge in [-0.3, -0.25) is 4.79 Å². The third-order valence-electron chi connectivity index (χ3n) is 2.46. The molecule has 3 nitrogen and oxygen atoms in total. The molecule has 2 rings (SSSR count). The summed E-state index contributed by atoms with van der Waals surface area (Å²) in [5.74, 6) is -0.0442. The second-order valence-corrected chi connectivity index (χ2v) is 3.46. The number of nitrogens with zero attached hydrogens (tertiary/aromatic N) is 2. The van der Waals surface area contributed by atoms with Crippen molar-refractivity contribution in [2.45, 2.75) is 13.5 Å². The lowest BCUT2D eigenvalue weighted by atomic mass is 9.98. The van der Waals surface area contributed by atoms with Gasteiger partial charge in [0.1, 0.15) is 6.07 Å². The van der Waals surface area contributed by atoms with Crippen LogP contribution in [0.25, 0.3) is 5.57 Å². The predicted molar refractivity (Wildman–Crippen MR) is 56.3 cm³/mol. The number of hydrogen-bond acceptors (Lipinski definition) is 2. The molecular weight excluding hydrogens is 188 g/mol. The van der Waals surface area contributed by atoms with Crippen molar-refractivity contribution in [1.82, 2.24) is 4.90 Å². The average Bonchev–Trinajstić information content (AvgIpc) is 2.27. The Morgan fingerprint density at radius 3 is 2.87 bits per heavy atom. The minimum Gasteiger partial charge on any atom is -0.314 e. The fourth-order valence-electron chi connectivity index (χ4n) is 1.67. The van der Waals surface area contributed by atoms with E-state index in [0.29, 0.717) is 12.1 Å². The number of carbonyl (C=O) groups excluding carboxylic acids is 1.